The number of hydrogen-bond acceptors (Lipinski definition) is 8. The van der Waals surface area contributed by atoms with E-state index in [1.165, 1.54) is 11.6 Å². The summed E-state index contributed by atoms with van der Waals surface area (Å²) in [5, 5.41) is 18.9. The molecule has 0 aliphatic carbocycles. The lowest BCUT2D eigenvalue weighted by Crippen LogP contribution is -2.20. The standard InChI is InChI=1S/C13H11N5O5S/c19-7-15-13-17-9(6-24-13)11(12(21)22)18-23-5-10(20)16-8-2-1-3-14-4-8/h1-4,6-7H,5H2,(H,16,20)(H,21,22)(H,15,17,19). The number of anilines is 2. The lowest BCUT2D eigenvalue weighted by Gasteiger charge is -2.03. The third kappa shape index (κ3) is 4.84. The molecule has 2 rings (SSSR count). The number of oxime groups is 1. The molecule has 24 heavy (non-hydrogen) atoms. The van der Waals surface area contributed by atoms with Gasteiger partial charge in [-0.1, -0.05) is 5.16 Å². The molecule has 0 spiro atoms. The average Bonchev–Trinajstić information content (AvgIpc) is 3.00. The first-order chi connectivity index (χ1) is 11.6. The number of carbonyl (C=O) groups is 3. The summed E-state index contributed by atoms with van der Waals surface area (Å²) in [6.07, 6.45) is 3.41. The Hall–Kier alpha value is -3.34. The van der Waals surface area contributed by atoms with E-state index in [0.717, 1.165) is 11.3 Å². The molecule has 0 atom stereocenters. The van der Waals surface area contributed by atoms with Crippen molar-refractivity contribution in [2.45, 2.75) is 0 Å². The van der Waals surface area contributed by atoms with Gasteiger partial charge in [0.15, 0.2) is 11.7 Å². The van der Waals surface area contributed by atoms with Crippen LogP contribution < -0.4 is 10.6 Å². The smallest absolute Gasteiger partial charge is 0.360 e. The molecule has 0 aliphatic rings. The number of amides is 2. The van der Waals surface area contributed by atoms with Crippen molar-refractivity contribution in [1.82, 2.24) is 9.97 Å². The van der Waals surface area contributed by atoms with Crippen LogP contribution in [0.15, 0.2) is 35.1 Å². The largest absolute Gasteiger partial charge is 0.476 e. The molecule has 3 N–H and O–H groups in total. The van der Waals surface area contributed by atoms with E-state index in [4.69, 9.17) is 9.94 Å². The van der Waals surface area contributed by atoms with E-state index in [0.29, 0.717) is 12.1 Å². The highest BCUT2D eigenvalue weighted by Gasteiger charge is 2.18. The first-order valence-electron chi connectivity index (χ1n) is 6.39. The second-order valence-corrected chi connectivity index (χ2v) is 4.97. The molecule has 2 aromatic heterocycles. The number of nitrogens with zero attached hydrogens (tertiary/aromatic N) is 3. The third-order valence-electron chi connectivity index (χ3n) is 2.43. The summed E-state index contributed by atoms with van der Waals surface area (Å²) in [4.78, 5) is 45.6. The average molecular weight is 349 g/mol. The Morgan fingerprint density at radius 3 is 2.96 bits per heavy atom. The van der Waals surface area contributed by atoms with E-state index in [1.807, 2.05) is 0 Å². The van der Waals surface area contributed by atoms with E-state index in [-0.39, 0.29) is 10.8 Å². The maximum absolute atomic E-state index is 11.6. The minimum absolute atomic E-state index is 0.00418. The van der Waals surface area contributed by atoms with Gasteiger partial charge >= 0.3 is 5.97 Å². The number of carboxylic acids is 1. The Morgan fingerprint density at radius 1 is 1.46 bits per heavy atom. The quantitative estimate of drug-likeness (QED) is 0.359. The Bertz CT molecular complexity index is 761. The van der Waals surface area contributed by atoms with E-state index in [9.17, 15) is 14.4 Å². The number of thiazole rings is 1. The molecule has 0 aromatic carbocycles. The van der Waals surface area contributed by atoms with Gasteiger partial charge in [0, 0.05) is 11.6 Å². The first kappa shape index (κ1) is 17.0. The summed E-state index contributed by atoms with van der Waals surface area (Å²) in [5.74, 6) is -1.91. The molecule has 0 bridgehead atoms. The van der Waals surface area contributed by atoms with Gasteiger partial charge < -0.3 is 20.6 Å². The second kappa shape index (κ2) is 8.33. The van der Waals surface area contributed by atoms with Gasteiger partial charge in [0.2, 0.25) is 12.1 Å². The van der Waals surface area contributed by atoms with Crippen molar-refractivity contribution in [3.63, 3.8) is 0 Å². The molecule has 0 fully saturated rings. The predicted molar refractivity (Wildman–Crippen MR) is 84.8 cm³/mol. The highest BCUT2D eigenvalue weighted by atomic mass is 32.1. The van der Waals surface area contributed by atoms with Crippen LogP contribution in [-0.2, 0) is 19.2 Å². The zero-order valence-corrected chi connectivity index (χ0v) is 12.8. The fraction of sp³-hybridized carbons (Fsp3) is 0.0769. The van der Waals surface area contributed by atoms with Crippen LogP contribution in [0.3, 0.4) is 0 Å². The highest BCUT2D eigenvalue weighted by molar-refractivity contribution is 7.14. The van der Waals surface area contributed by atoms with Crippen LogP contribution in [0, 0.1) is 0 Å². The van der Waals surface area contributed by atoms with Crippen molar-refractivity contribution in [3.8, 4) is 0 Å². The minimum atomic E-state index is -1.38. The summed E-state index contributed by atoms with van der Waals surface area (Å²) < 4.78 is 0. The van der Waals surface area contributed by atoms with Crippen LogP contribution >= 0.6 is 11.3 Å². The van der Waals surface area contributed by atoms with Gasteiger partial charge in [-0.25, -0.2) is 9.78 Å². The van der Waals surface area contributed by atoms with Crippen LogP contribution in [-0.4, -0.2) is 45.7 Å². The number of aromatic nitrogens is 2. The van der Waals surface area contributed by atoms with Crippen molar-refractivity contribution in [3.05, 3.63) is 35.6 Å². The Kier molecular flexibility index (Phi) is 5.91. The molecular weight excluding hydrogens is 338 g/mol. The molecule has 2 heterocycles. The van der Waals surface area contributed by atoms with Crippen LogP contribution in [0.25, 0.3) is 0 Å². The van der Waals surface area contributed by atoms with Gasteiger partial charge in [0.25, 0.3) is 5.91 Å². The lowest BCUT2D eigenvalue weighted by molar-refractivity contribution is -0.130. The van der Waals surface area contributed by atoms with Crippen LogP contribution in [0.2, 0.25) is 0 Å². The summed E-state index contributed by atoms with van der Waals surface area (Å²) >= 11 is 1.02. The van der Waals surface area contributed by atoms with Crippen molar-refractivity contribution >= 4 is 46.2 Å². The molecule has 0 saturated carbocycles. The van der Waals surface area contributed by atoms with Crippen molar-refractivity contribution in [2.75, 3.05) is 17.2 Å². The number of carboxylic acid groups (broad SMARTS) is 1. The third-order valence-corrected chi connectivity index (χ3v) is 3.20. The van der Waals surface area contributed by atoms with E-state index < -0.39 is 24.2 Å². The molecule has 0 radical (unpaired) electrons. The maximum atomic E-state index is 11.6. The number of hydrogen-bond donors (Lipinski definition) is 3. The normalized spacial score (nSPS) is 10.8. The summed E-state index contributed by atoms with van der Waals surface area (Å²) in [6.45, 7) is -0.491. The SMILES string of the molecule is O=CNc1nc(C(=NOCC(=O)Nc2cccnc2)C(=O)O)cs1. The summed E-state index contributed by atoms with van der Waals surface area (Å²) in [6, 6.07) is 3.28. The van der Waals surface area contributed by atoms with Gasteiger partial charge in [0.05, 0.1) is 11.9 Å². The summed E-state index contributed by atoms with van der Waals surface area (Å²) in [5.41, 5.74) is -0.0125. The number of nitrogens with one attached hydrogen (secondary N) is 2. The van der Waals surface area contributed by atoms with Crippen molar-refractivity contribution in [1.29, 1.82) is 0 Å². The molecule has 124 valence electrons. The number of aliphatic carboxylic acids is 1. The molecule has 0 unspecified atom stereocenters. The zero-order valence-electron chi connectivity index (χ0n) is 12.0. The number of pyridine rings is 1. The topological polar surface area (TPSA) is 143 Å². The monoisotopic (exact) mass is 349 g/mol. The Labute approximate surface area is 139 Å². The van der Waals surface area contributed by atoms with Crippen LogP contribution in [0.1, 0.15) is 5.69 Å². The van der Waals surface area contributed by atoms with Gasteiger partial charge in [-0.3, -0.25) is 14.6 Å². The van der Waals surface area contributed by atoms with Crippen LogP contribution in [0.5, 0.6) is 0 Å². The highest BCUT2D eigenvalue weighted by Crippen LogP contribution is 2.15. The van der Waals surface area contributed by atoms with Gasteiger partial charge in [0.1, 0.15) is 5.69 Å². The number of rotatable bonds is 8. The predicted octanol–water partition coefficient (Wildman–Crippen LogP) is 0.550. The maximum Gasteiger partial charge on any atom is 0.360 e. The van der Waals surface area contributed by atoms with Gasteiger partial charge in [-0.05, 0) is 12.1 Å². The molecule has 2 aromatic rings. The van der Waals surface area contributed by atoms with Gasteiger partial charge in [-0.2, -0.15) is 0 Å². The second-order valence-electron chi connectivity index (χ2n) is 4.11. The fourth-order valence-corrected chi connectivity index (χ4v) is 2.14. The first-order valence-corrected chi connectivity index (χ1v) is 7.27. The lowest BCUT2D eigenvalue weighted by atomic mass is 10.3. The zero-order chi connectivity index (χ0) is 17.4. The Balaban J connectivity index is 1.97. The molecule has 0 saturated heterocycles. The molecule has 2 amide bonds. The van der Waals surface area contributed by atoms with E-state index >= 15 is 0 Å². The molecule has 0 aliphatic heterocycles. The van der Waals surface area contributed by atoms with Crippen molar-refractivity contribution < 1.29 is 24.3 Å². The molecule has 10 nitrogen and oxygen atoms in total. The van der Waals surface area contributed by atoms with Gasteiger partial charge in [-0.15, -0.1) is 11.3 Å². The van der Waals surface area contributed by atoms with Crippen molar-refractivity contribution in [2.24, 2.45) is 5.16 Å². The van der Waals surface area contributed by atoms with Crippen LogP contribution in [0.4, 0.5) is 10.8 Å². The fourth-order valence-electron chi connectivity index (χ4n) is 1.48. The molecule has 11 heteroatoms. The minimum Gasteiger partial charge on any atom is -0.476 e. The number of carbonyl (C=O) groups excluding carboxylic acids is 2. The molecular formula is C13H11N5O5S. The van der Waals surface area contributed by atoms with E-state index in [2.05, 4.69) is 25.8 Å². The summed E-state index contributed by atoms with van der Waals surface area (Å²) in [7, 11) is 0. The Morgan fingerprint density at radius 2 is 2.29 bits per heavy atom. The van der Waals surface area contributed by atoms with E-state index in [1.54, 1.807) is 18.3 Å².